The van der Waals surface area contributed by atoms with Gasteiger partial charge in [0.1, 0.15) is 17.4 Å². The quantitative estimate of drug-likeness (QED) is 0.369. The van der Waals surface area contributed by atoms with Crippen molar-refractivity contribution in [2.75, 3.05) is 12.4 Å². The van der Waals surface area contributed by atoms with Crippen LogP contribution in [0.1, 0.15) is 28.4 Å². The van der Waals surface area contributed by atoms with Crippen LogP contribution >= 0.6 is 11.3 Å². The Morgan fingerprint density at radius 1 is 1.07 bits per heavy atom. The number of methoxy groups -OCH3 is 1. The summed E-state index contributed by atoms with van der Waals surface area (Å²) in [6, 6.07) is 16.8. The molecule has 4 rings (SSSR count). The fourth-order valence-corrected chi connectivity index (χ4v) is 4.17. The molecule has 4 nitrogen and oxygen atoms in total. The van der Waals surface area contributed by atoms with E-state index in [4.69, 9.17) is 4.74 Å². The third-order valence-electron chi connectivity index (χ3n) is 4.74. The minimum absolute atomic E-state index is 0.0188. The van der Waals surface area contributed by atoms with Crippen molar-refractivity contribution in [3.63, 3.8) is 0 Å². The summed E-state index contributed by atoms with van der Waals surface area (Å²) in [5.74, 6) is -0.754. The Labute approximate surface area is 176 Å². The lowest BCUT2D eigenvalue weighted by Crippen LogP contribution is -2.17. The van der Waals surface area contributed by atoms with Crippen molar-refractivity contribution in [2.45, 2.75) is 12.5 Å². The van der Waals surface area contributed by atoms with E-state index in [1.54, 1.807) is 31.4 Å². The lowest BCUT2D eigenvalue weighted by atomic mass is 9.97. The lowest BCUT2D eigenvalue weighted by molar-refractivity contribution is 0.0972. The summed E-state index contributed by atoms with van der Waals surface area (Å²) in [4.78, 5) is 17.3. The molecule has 0 aliphatic rings. The molecule has 0 saturated carbocycles. The Morgan fingerprint density at radius 2 is 1.80 bits per heavy atom. The molecular weight excluding hydrogens is 406 g/mol. The number of aromatic nitrogens is 1. The molecule has 0 bridgehead atoms. The van der Waals surface area contributed by atoms with Gasteiger partial charge in [0.15, 0.2) is 10.9 Å². The highest BCUT2D eigenvalue weighted by Gasteiger charge is 2.23. The van der Waals surface area contributed by atoms with Gasteiger partial charge >= 0.3 is 0 Å². The molecule has 3 aromatic carbocycles. The Morgan fingerprint density at radius 3 is 2.53 bits per heavy atom. The van der Waals surface area contributed by atoms with Crippen LogP contribution in [0.25, 0.3) is 10.2 Å². The number of fused-ring (bicyclic) bond motifs is 1. The second kappa shape index (κ2) is 8.59. The molecule has 152 valence electrons. The third kappa shape index (κ3) is 4.16. The first-order valence-electron chi connectivity index (χ1n) is 9.28. The highest BCUT2D eigenvalue weighted by atomic mass is 32.1. The van der Waals surface area contributed by atoms with Crippen LogP contribution in [-0.4, -0.2) is 17.9 Å². The number of nitrogens with zero attached hydrogens (tertiary/aromatic N) is 1. The summed E-state index contributed by atoms with van der Waals surface area (Å²) in [5, 5.41) is 3.70. The number of hydrogen-bond acceptors (Lipinski definition) is 5. The summed E-state index contributed by atoms with van der Waals surface area (Å²) in [5.41, 5.74) is 1.06. The zero-order chi connectivity index (χ0) is 21.1. The first kappa shape index (κ1) is 20.0. The number of carbonyl (C=O) groups is 1. The molecular formula is C23H18F2N2O2S. The molecule has 0 saturated heterocycles. The SMILES string of the molecule is COc1ccc2nc(NC(CC(=O)c3ccccc3F)c3ccccc3F)sc2c1. The maximum absolute atomic E-state index is 14.5. The van der Waals surface area contributed by atoms with E-state index < -0.39 is 23.5 Å². The molecule has 1 aromatic heterocycles. The van der Waals surface area contributed by atoms with Gasteiger partial charge in [0, 0.05) is 12.0 Å². The summed E-state index contributed by atoms with van der Waals surface area (Å²) in [7, 11) is 1.59. The molecule has 1 atom stereocenters. The van der Waals surface area contributed by atoms with Crippen LogP contribution in [0.4, 0.5) is 13.9 Å². The molecule has 4 aromatic rings. The Bertz CT molecular complexity index is 1210. The van der Waals surface area contributed by atoms with E-state index in [9.17, 15) is 13.6 Å². The predicted molar refractivity (Wildman–Crippen MR) is 114 cm³/mol. The fraction of sp³-hybridized carbons (Fsp3) is 0.130. The van der Waals surface area contributed by atoms with Gasteiger partial charge in [0.05, 0.1) is 28.9 Å². The normalized spacial score (nSPS) is 12.0. The van der Waals surface area contributed by atoms with Crippen LogP contribution < -0.4 is 10.1 Å². The number of hydrogen-bond donors (Lipinski definition) is 1. The van der Waals surface area contributed by atoms with Gasteiger partial charge in [-0.1, -0.05) is 41.7 Å². The number of benzene rings is 3. The molecule has 1 heterocycles. The first-order valence-corrected chi connectivity index (χ1v) is 10.1. The van der Waals surface area contributed by atoms with E-state index in [1.807, 2.05) is 18.2 Å². The largest absolute Gasteiger partial charge is 0.497 e. The van der Waals surface area contributed by atoms with E-state index >= 15 is 0 Å². The summed E-state index contributed by atoms with van der Waals surface area (Å²) in [6.45, 7) is 0. The molecule has 30 heavy (non-hydrogen) atoms. The van der Waals surface area contributed by atoms with Crippen molar-refractivity contribution in [2.24, 2.45) is 0 Å². The van der Waals surface area contributed by atoms with Crippen LogP contribution in [0.3, 0.4) is 0 Å². The molecule has 1 N–H and O–H groups in total. The minimum atomic E-state index is -0.708. The van der Waals surface area contributed by atoms with Crippen LogP contribution in [0.2, 0.25) is 0 Å². The van der Waals surface area contributed by atoms with Gasteiger partial charge in [-0.25, -0.2) is 13.8 Å². The van der Waals surface area contributed by atoms with Crippen molar-refractivity contribution < 1.29 is 18.3 Å². The predicted octanol–water partition coefficient (Wildman–Crippen LogP) is 6.01. The average Bonchev–Trinajstić information content (AvgIpc) is 3.15. The minimum Gasteiger partial charge on any atom is -0.497 e. The van der Waals surface area contributed by atoms with Crippen LogP contribution in [0, 0.1) is 11.6 Å². The van der Waals surface area contributed by atoms with Crippen LogP contribution in [0.5, 0.6) is 5.75 Å². The second-order valence-corrected chi connectivity index (χ2v) is 7.71. The Balaban J connectivity index is 1.66. The Kier molecular flexibility index (Phi) is 5.72. The maximum Gasteiger partial charge on any atom is 0.184 e. The van der Waals surface area contributed by atoms with Crippen LogP contribution in [0.15, 0.2) is 66.7 Å². The van der Waals surface area contributed by atoms with Gasteiger partial charge in [-0.2, -0.15) is 0 Å². The Hall–Kier alpha value is -3.32. The second-order valence-electron chi connectivity index (χ2n) is 6.68. The van der Waals surface area contributed by atoms with Crippen LogP contribution in [-0.2, 0) is 0 Å². The topological polar surface area (TPSA) is 51.2 Å². The van der Waals surface area contributed by atoms with Gasteiger partial charge in [0.25, 0.3) is 0 Å². The standard InChI is InChI=1S/C23H18F2N2O2S/c1-29-14-10-11-19-22(12-14)30-23(26-19)27-20(15-6-2-4-8-17(15)24)13-21(28)16-7-3-5-9-18(16)25/h2-12,20H,13H2,1H3,(H,26,27). The van der Waals surface area contributed by atoms with Gasteiger partial charge in [0.2, 0.25) is 0 Å². The van der Waals surface area contributed by atoms with Crippen molar-refractivity contribution >= 4 is 32.5 Å². The van der Waals surface area contributed by atoms with Gasteiger partial charge in [-0.05, 0) is 36.4 Å². The summed E-state index contributed by atoms with van der Waals surface area (Å²) < 4.78 is 34.7. The molecule has 0 amide bonds. The number of ether oxygens (including phenoxy) is 1. The third-order valence-corrected chi connectivity index (χ3v) is 5.69. The maximum atomic E-state index is 14.5. The van der Waals surface area contributed by atoms with E-state index in [0.29, 0.717) is 16.4 Å². The van der Waals surface area contributed by atoms with Crippen molar-refractivity contribution in [1.82, 2.24) is 4.98 Å². The van der Waals surface area contributed by atoms with Crippen molar-refractivity contribution in [3.8, 4) is 5.75 Å². The number of ketones is 1. The highest BCUT2D eigenvalue weighted by molar-refractivity contribution is 7.22. The molecule has 0 aliphatic carbocycles. The molecule has 0 aliphatic heterocycles. The number of carbonyl (C=O) groups excluding carboxylic acids is 1. The van der Waals surface area contributed by atoms with Gasteiger partial charge < -0.3 is 10.1 Å². The monoisotopic (exact) mass is 424 g/mol. The average molecular weight is 424 g/mol. The van der Waals surface area contributed by atoms with Gasteiger partial charge in [-0.3, -0.25) is 4.79 Å². The molecule has 0 radical (unpaired) electrons. The van der Waals surface area contributed by atoms with Crippen molar-refractivity contribution in [3.05, 3.63) is 89.5 Å². The van der Waals surface area contributed by atoms with Gasteiger partial charge in [-0.15, -0.1) is 0 Å². The molecule has 0 fully saturated rings. The smallest absolute Gasteiger partial charge is 0.184 e. The van der Waals surface area contributed by atoms with Crippen molar-refractivity contribution in [1.29, 1.82) is 0 Å². The number of Topliss-reactive ketones (excluding diaryl/α,β-unsaturated/α-hetero) is 1. The zero-order valence-corrected chi connectivity index (χ0v) is 16.9. The fourth-order valence-electron chi connectivity index (χ4n) is 3.22. The summed E-state index contributed by atoms with van der Waals surface area (Å²) >= 11 is 1.37. The van der Waals surface area contributed by atoms with E-state index in [0.717, 1.165) is 10.2 Å². The van der Waals surface area contributed by atoms with E-state index in [1.165, 1.54) is 35.6 Å². The number of halogens is 2. The highest BCUT2D eigenvalue weighted by Crippen LogP contribution is 2.33. The number of anilines is 1. The summed E-state index contributed by atoms with van der Waals surface area (Å²) in [6.07, 6.45) is -0.124. The lowest BCUT2D eigenvalue weighted by Gasteiger charge is -2.19. The first-order chi connectivity index (χ1) is 14.5. The van der Waals surface area contributed by atoms with E-state index in [-0.39, 0.29) is 12.0 Å². The molecule has 1 unspecified atom stereocenters. The number of thiazole rings is 1. The number of nitrogens with one attached hydrogen (secondary N) is 1. The van der Waals surface area contributed by atoms with E-state index in [2.05, 4.69) is 10.3 Å². The molecule has 0 spiro atoms. The molecule has 7 heteroatoms. The number of rotatable bonds is 7. The zero-order valence-electron chi connectivity index (χ0n) is 16.1.